The van der Waals surface area contributed by atoms with E-state index >= 15 is 0 Å². The Balaban J connectivity index is 1.70. The number of carbonyl (C=O) groups is 2. The highest BCUT2D eigenvalue weighted by Gasteiger charge is 2.24. The van der Waals surface area contributed by atoms with Crippen LogP contribution >= 0.6 is 11.6 Å². The van der Waals surface area contributed by atoms with E-state index < -0.39 is 6.09 Å². The topological polar surface area (TPSA) is 77.0 Å². The van der Waals surface area contributed by atoms with Crippen molar-refractivity contribution in [3.63, 3.8) is 0 Å². The quantitative estimate of drug-likeness (QED) is 0.889. The molecule has 3 heterocycles. The Kier molecular flexibility index (Phi) is 4.56. The van der Waals surface area contributed by atoms with Crippen LogP contribution in [0.2, 0.25) is 5.02 Å². The molecule has 8 heteroatoms. The Hall–Kier alpha value is -2.02. The van der Waals surface area contributed by atoms with Crippen molar-refractivity contribution in [2.45, 2.75) is 12.8 Å². The number of rotatable bonds is 2. The zero-order valence-electron chi connectivity index (χ0n) is 12.7. The zero-order chi connectivity index (χ0) is 16.4. The van der Waals surface area contributed by atoms with Gasteiger partial charge in [-0.15, -0.1) is 0 Å². The lowest BCUT2D eigenvalue weighted by atomic mass is 10.2. The van der Waals surface area contributed by atoms with Crippen molar-refractivity contribution in [3.8, 4) is 0 Å². The largest absolute Gasteiger partial charge is 0.465 e. The van der Waals surface area contributed by atoms with Crippen molar-refractivity contribution < 1.29 is 14.7 Å². The van der Waals surface area contributed by atoms with Crippen LogP contribution < -0.4 is 4.90 Å². The Labute approximate surface area is 139 Å². The number of halogens is 1. The second-order valence-electron chi connectivity index (χ2n) is 5.79. The summed E-state index contributed by atoms with van der Waals surface area (Å²) in [6.07, 6.45) is 2.73. The molecule has 0 aromatic carbocycles. The number of piperazine rings is 1. The first kappa shape index (κ1) is 15.9. The number of carboxylic acid groups (broad SMARTS) is 1. The molecule has 3 rings (SSSR count). The maximum Gasteiger partial charge on any atom is 0.407 e. The summed E-state index contributed by atoms with van der Waals surface area (Å²) in [6, 6.07) is 1.66. The Morgan fingerprint density at radius 1 is 1.04 bits per heavy atom. The van der Waals surface area contributed by atoms with E-state index in [1.165, 1.54) is 4.90 Å². The second-order valence-corrected chi connectivity index (χ2v) is 6.19. The molecular weight excluding hydrogens is 320 g/mol. The predicted octanol–water partition coefficient (Wildman–Crippen LogP) is 1.77. The van der Waals surface area contributed by atoms with E-state index in [2.05, 4.69) is 4.98 Å². The highest BCUT2D eigenvalue weighted by atomic mass is 35.5. The van der Waals surface area contributed by atoms with E-state index in [-0.39, 0.29) is 5.91 Å². The molecule has 0 aliphatic carbocycles. The van der Waals surface area contributed by atoms with Gasteiger partial charge in [0.05, 0.1) is 10.6 Å². The van der Waals surface area contributed by atoms with Crippen molar-refractivity contribution in [3.05, 3.63) is 22.8 Å². The fraction of sp³-hybridized carbons (Fsp3) is 0.533. The molecule has 1 aromatic heterocycles. The Morgan fingerprint density at radius 2 is 1.70 bits per heavy atom. The SMILES string of the molecule is O=C(O)N1CCN(c2ncc(C(=O)N3CCCC3)cc2Cl)CC1. The lowest BCUT2D eigenvalue weighted by Gasteiger charge is -2.34. The van der Waals surface area contributed by atoms with Crippen LogP contribution in [-0.2, 0) is 0 Å². The molecule has 2 aliphatic rings. The van der Waals surface area contributed by atoms with Gasteiger partial charge in [0.2, 0.25) is 0 Å². The Bertz CT molecular complexity index is 611. The van der Waals surface area contributed by atoms with Crippen LogP contribution in [0.3, 0.4) is 0 Å². The molecule has 2 saturated heterocycles. The molecule has 7 nitrogen and oxygen atoms in total. The molecular formula is C15H19ClN4O3. The zero-order valence-corrected chi connectivity index (χ0v) is 13.5. The average molecular weight is 339 g/mol. The summed E-state index contributed by atoms with van der Waals surface area (Å²) >= 11 is 6.31. The maximum absolute atomic E-state index is 12.3. The second kappa shape index (κ2) is 6.62. The van der Waals surface area contributed by atoms with E-state index in [0.29, 0.717) is 42.6 Å². The molecule has 2 aliphatic heterocycles. The third kappa shape index (κ3) is 3.34. The molecule has 0 radical (unpaired) electrons. The number of carbonyl (C=O) groups excluding carboxylic acids is 1. The number of likely N-dealkylation sites (tertiary alicyclic amines) is 1. The van der Waals surface area contributed by atoms with Crippen molar-refractivity contribution >= 4 is 29.4 Å². The predicted molar refractivity (Wildman–Crippen MR) is 86.2 cm³/mol. The van der Waals surface area contributed by atoms with E-state index in [9.17, 15) is 9.59 Å². The van der Waals surface area contributed by atoms with Crippen LogP contribution in [0.1, 0.15) is 23.2 Å². The molecule has 1 N–H and O–H groups in total. The van der Waals surface area contributed by atoms with Crippen LogP contribution in [0, 0.1) is 0 Å². The molecule has 124 valence electrons. The monoisotopic (exact) mass is 338 g/mol. The van der Waals surface area contributed by atoms with Crippen molar-refractivity contribution in [2.75, 3.05) is 44.2 Å². The number of anilines is 1. The van der Waals surface area contributed by atoms with Crippen LogP contribution in [0.5, 0.6) is 0 Å². The molecule has 0 atom stereocenters. The van der Waals surface area contributed by atoms with Gasteiger partial charge in [0.1, 0.15) is 5.82 Å². The van der Waals surface area contributed by atoms with Gasteiger partial charge in [0, 0.05) is 45.5 Å². The first-order chi connectivity index (χ1) is 11.1. The summed E-state index contributed by atoms with van der Waals surface area (Å²) in [4.78, 5) is 32.8. The van der Waals surface area contributed by atoms with Gasteiger partial charge in [-0.3, -0.25) is 4.79 Å². The molecule has 2 amide bonds. The lowest BCUT2D eigenvalue weighted by molar-refractivity contribution is 0.0792. The van der Waals surface area contributed by atoms with Gasteiger partial charge in [-0.2, -0.15) is 0 Å². The fourth-order valence-electron chi connectivity index (χ4n) is 2.99. The number of pyridine rings is 1. The van der Waals surface area contributed by atoms with Crippen LogP contribution in [-0.4, -0.2) is 71.2 Å². The van der Waals surface area contributed by atoms with Crippen LogP contribution in [0.4, 0.5) is 10.6 Å². The fourth-order valence-corrected chi connectivity index (χ4v) is 3.28. The molecule has 0 saturated carbocycles. The molecule has 0 unspecified atom stereocenters. The van der Waals surface area contributed by atoms with E-state index in [1.807, 2.05) is 9.80 Å². The van der Waals surface area contributed by atoms with Gasteiger partial charge in [0.25, 0.3) is 5.91 Å². The summed E-state index contributed by atoms with van der Waals surface area (Å²) in [5.74, 6) is 0.578. The van der Waals surface area contributed by atoms with E-state index in [4.69, 9.17) is 16.7 Å². The number of aromatic nitrogens is 1. The molecule has 23 heavy (non-hydrogen) atoms. The molecule has 0 spiro atoms. The third-order valence-electron chi connectivity index (χ3n) is 4.31. The average Bonchev–Trinajstić information content (AvgIpc) is 3.08. The van der Waals surface area contributed by atoms with Gasteiger partial charge in [-0.25, -0.2) is 9.78 Å². The minimum Gasteiger partial charge on any atom is -0.465 e. The summed E-state index contributed by atoms with van der Waals surface area (Å²) < 4.78 is 0. The number of hydrogen-bond acceptors (Lipinski definition) is 4. The highest BCUT2D eigenvalue weighted by molar-refractivity contribution is 6.33. The van der Waals surface area contributed by atoms with Gasteiger partial charge in [0.15, 0.2) is 0 Å². The van der Waals surface area contributed by atoms with Crippen molar-refractivity contribution in [2.24, 2.45) is 0 Å². The van der Waals surface area contributed by atoms with Crippen molar-refractivity contribution in [1.82, 2.24) is 14.8 Å². The number of hydrogen-bond donors (Lipinski definition) is 1. The maximum atomic E-state index is 12.3. The minimum atomic E-state index is -0.907. The van der Waals surface area contributed by atoms with Crippen LogP contribution in [0.25, 0.3) is 0 Å². The first-order valence-electron chi connectivity index (χ1n) is 7.74. The summed E-state index contributed by atoms with van der Waals surface area (Å²) in [5.41, 5.74) is 0.504. The minimum absolute atomic E-state index is 0.0286. The standard InChI is InChI=1S/C15H19ClN4O3/c16-12-9-11(14(21)19-3-1-2-4-19)10-17-13(12)18-5-7-20(8-6-18)15(22)23/h9-10H,1-8H2,(H,22,23). The summed E-state index contributed by atoms with van der Waals surface area (Å²) in [7, 11) is 0. The smallest absolute Gasteiger partial charge is 0.407 e. The van der Waals surface area contributed by atoms with Crippen molar-refractivity contribution in [1.29, 1.82) is 0 Å². The normalized spacial score (nSPS) is 18.4. The van der Waals surface area contributed by atoms with E-state index in [0.717, 1.165) is 25.9 Å². The van der Waals surface area contributed by atoms with Gasteiger partial charge >= 0.3 is 6.09 Å². The van der Waals surface area contributed by atoms with Crippen LogP contribution in [0.15, 0.2) is 12.3 Å². The third-order valence-corrected chi connectivity index (χ3v) is 4.59. The highest BCUT2D eigenvalue weighted by Crippen LogP contribution is 2.26. The lowest BCUT2D eigenvalue weighted by Crippen LogP contribution is -2.48. The van der Waals surface area contributed by atoms with Gasteiger partial charge in [-0.05, 0) is 18.9 Å². The molecule has 2 fully saturated rings. The summed E-state index contributed by atoms with van der Waals surface area (Å²) in [6.45, 7) is 3.49. The summed E-state index contributed by atoms with van der Waals surface area (Å²) in [5, 5.41) is 9.40. The number of nitrogens with zero attached hydrogens (tertiary/aromatic N) is 4. The number of amides is 2. The van der Waals surface area contributed by atoms with Gasteiger partial charge < -0.3 is 19.8 Å². The molecule has 1 aromatic rings. The molecule has 0 bridgehead atoms. The first-order valence-corrected chi connectivity index (χ1v) is 8.11. The van der Waals surface area contributed by atoms with E-state index in [1.54, 1.807) is 12.3 Å². The Morgan fingerprint density at radius 3 is 2.26 bits per heavy atom. The van der Waals surface area contributed by atoms with Gasteiger partial charge in [-0.1, -0.05) is 11.6 Å².